The molecule has 0 heterocycles. The smallest absolute Gasteiger partial charge is 0.209 e. The Bertz CT molecular complexity index is 359. The molecule has 0 amide bonds. The minimum Gasteiger partial charge on any atom is -0.388 e. The largest absolute Gasteiger partial charge is 0.388 e. The fraction of sp³-hybridized carbons (Fsp3) is 0.900. The van der Waals surface area contributed by atoms with Crippen LogP contribution in [0.5, 0.6) is 0 Å². The van der Waals surface area contributed by atoms with E-state index in [0.29, 0.717) is 0 Å². The van der Waals surface area contributed by atoms with E-state index in [2.05, 4.69) is 4.72 Å². The molecule has 0 saturated heterocycles. The van der Waals surface area contributed by atoms with Crippen molar-refractivity contribution in [1.29, 1.82) is 0 Å². The maximum Gasteiger partial charge on any atom is 0.209 e. The Morgan fingerprint density at radius 1 is 1.19 bits per heavy atom. The van der Waals surface area contributed by atoms with Crippen molar-refractivity contribution in [2.75, 3.05) is 6.26 Å². The van der Waals surface area contributed by atoms with Crippen molar-refractivity contribution in [3.8, 4) is 0 Å². The first-order chi connectivity index (χ1) is 6.75. The van der Waals surface area contributed by atoms with Crippen molar-refractivity contribution >= 4 is 15.8 Å². The van der Waals surface area contributed by atoms with Gasteiger partial charge in [0.25, 0.3) is 0 Å². The van der Waals surface area contributed by atoms with Crippen LogP contribution >= 0.6 is 0 Å². The summed E-state index contributed by atoms with van der Waals surface area (Å²) in [5.41, 5.74) is -2.16. The summed E-state index contributed by atoms with van der Waals surface area (Å²) < 4.78 is 24.5. The molecule has 0 aliphatic heterocycles. The van der Waals surface area contributed by atoms with Gasteiger partial charge in [-0.15, -0.1) is 0 Å². The Morgan fingerprint density at radius 3 is 1.75 bits per heavy atom. The van der Waals surface area contributed by atoms with Gasteiger partial charge in [0, 0.05) is 5.41 Å². The van der Waals surface area contributed by atoms with Gasteiger partial charge in [0.1, 0.15) is 6.04 Å². The third-order valence-corrected chi connectivity index (χ3v) is 2.70. The first-order valence-electron chi connectivity index (χ1n) is 4.99. The average molecular weight is 251 g/mol. The van der Waals surface area contributed by atoms with E-state index in [4.69, 9.17) is 0 Å². The highest BCUT2D eigenvalue weighted by Crippen LogP contribution is 2.22. The van der Waals surface area contributed by atoms with Gasteiger partial charge >= 0.3 is 0 Å². The van der Waals surface area contributed by atoms with Crippen LogP contribution in [0.1, 0.15) is 34.6 Å². The SMILES string of the molecule is CC(C)(C)C(=O)[C@@H](NS(C)(=O)=O)C(C)(C)O. The van der Waals surface area contributed by atoms with Crippen LogP contribution in [0.25, 0.3) is 0 Å². The van der Waals surface area contributed by atoms with E-state index in [9.17, 15) is 18.3 Å². The number of Topliss-reactive ketones (excluding diaryl/α,β-unsaturated/α-hetero) is 1. The molecule has 0 spiro atoms. The lowest BCUT2D eigenvalue weighted by molar-refractivity contribution is -0.133. The van der Waals surface area contributed by atoms with Gasteiger partial charge in [-0.25, -0.2) is 13.1 Å². The molecule has 0 aliphatic rings. The second-order valence-corrected chi connectivity index (χ2v) is 7.37. The number of hydrogen-bond donors (Lipinski definition) is 2. The highest BCUT2D eigenvalue weighted by atomic mass is 32.2. The summed E-state index contributed by atoms with van der Waals surface area (Å²) in [6.07, 6.45) is 0.960. The van der Waals surface area contributed by atoms with Crippen LogP contribution in [0.2, 0.25) is 0 Å². The number of rotatable bonds is 4. The van der Waals surface area contributed by atoms with E-state index in [1.165, 1.54) is 13.8 Å². The van der Waals surface area contributed by atoms with Crippen LogP contribution in [0, 0.1) is 5.41 Å². The highest BCUT2D eigenvalue weighted by Gasteiger charge is 2.40. The van der Waals surface area contributed by atoms with E-state index in [1.54, 1.807) is 20.8 Å². The lowest BCUT2D eigenvalue weighted by Gasteiger charge is -2.32. The van der Waals surface area contributed by atoms with Crippen molar-refractivity contribution in [3.63, 3.8) is 0 Å². The zero-order valence-corrected chi connectivity index (χ0v) is 11.5. The summed E-state index contributed by atoms with van der Waals surface area (Å²) in [5.74, 6) is -0.342. The molecule has 0 aromatic rings. The predicted octanol–water partition coefficient (Wildman–Crippen LogP) is 0.290. The van der Waals surface area contributed by atoms with E-state index in [0.717, 1.165) is 6.26 Å². The normalized spacial score (nSPS) is 15.9. The van der Waals surface area contributed by atoms with Crippen LogP contribution in [-0.4, -0.2) is 37.2 Å². The number of hydrogen-bond acceptors (Lipinski definition) is 4. The molecule has 0 aromatic heterocycles. The molecule has 0 aliphatic carbocycles. The minimum atomic E-state index is -3.54. The van der Waals surface area contributed by atoms with E-state index in [-0.39, 0.29) is 5.78 Å². The molecule has 0 radical (unpaired) electrons. The molecule has 16 heavy (non-hydrogen) atoms. The molecule has 5 nitrogen and oxygen atoms in total. The van der Waals surface area contributed by atoms with Crippen molar-refractivity contribution in [1.82, 2.24) is 4.72 Å². The van der Waals surface area contributed by atoms with Crippen molar-refractivity contribution in [3.05, 3.63) is 0 Å². The summed E-state index contributed by atoms with van der Waals surface area (Å²) in [4.78, 5) is 12.0. The Kier molecular flexibility index (Phi) is 4.30. The van der Waals surface area contributed by atoms with Crippen molar-refractivity contribution in [2.45, 2.75) is 46.3 Å². The summed E-state index contributed by atoms with van der Waals surface area (Å²) in [6.45, 7) is 7.84. The van der Waals surface area contributed by atoms with Gasteiger partial charge in [-0.1, -0.05) is 20.8 Å². The van der Waals surface area contributed by atoms with Crippen LogP contribution in [-0.2, 0) is 14.8 Å². The topological polar surface area (TPSA) is 83.5 Å². The molecule has 0 saturated carbocycles. The van der Waals surface area contributed by atoms with E-state index >= 15 is 0 Å². The molecule has 1 atom stereocenters. The van der Waals surface area contributed by atoms with Crippen molar-refractivity contribution < 1.29 is 18.3 Å². The summed E-state index contributed by atoms with van der Waals surface area (Å²) >= 11 is 0. The fourth-order valence-electron chi connectivity index (χ4n) is 1.17. The number of sulfonamides is 1. The Balaban J connectivity index is 5.22. The first-order valence-corrected chi connectivity index (χ1v) is 6.88. The standard InChI is InChI=1S/C10H21NO4S/c1-9(2,3)8(12)7(10(4,5)13)11-16(6,14)15/h7,11,13H,1-6H3/t7-/m1/s1. The van der Waals surface area contributed by atoms with Gasteiger partial charge in [-0.05, 0) is 13.8 Å². The molecule has 96 valence electrons. The lowest BCUT2D eigenvalue weighted by Crippen LogP contribution is -2.56. The quantitative estimate of drug-likeness (QED) is 0.752. The highest BCUT2D eigenvalue weighted by molar-refractivity contribution is 7.88. The first kappa shape index (κ1) is 15.5. The Labute approximate surface area is 97.3 Å². The monoisotopic (exact) mass is 251 g/mol. The molecular weight excluding hydrogens is 230 g/mol. The minimum absolute atomic E-state index is 0.342. The second kappa shape index (κ2) is 4.43. The molecule has 0 aromatic carbocycles. The molecule has 2 N–H and O–H groups in total. The maximum atomic E-state index is 12.0. The van der Waals surface area contributed by atoms with E-state index < -0.39 is 27.1 Å². The van der Waals surface area contributed by atoms with Gasteiger partial charge in [-0.3, -0.25) is 4.79 Å². The lowest BCUT2D eigenvalue weighted by atomic mass is 9.81. The van der Waals surface area contributed by atoms with Crippen LogP contribution in [0.3, 0.4) is 0 Å². The zero-order valence-electron chi connectivity index (χ0n) is 10.7. The number of carbonyl (C=O) groups is 1. The number of ketones is 1. The molecule has 6 heteroatoms. The molecular formula is C10H21NO4S. The average Bonchev–Trinajstić information content (AvgIpc) is 1.93. The van der Waals surface area contributed by atoms with Gasteiger partial charge < -0.3 is 5.11 Å². The number of aliphatic hydroxyl groups is 1. The molecule has 0 fully saturated rings. The van der Waals surface area contributed by atoms with Gasteiger partial charge in [0.2, 0.25) is 10.0 Å². The zero-order chi connectivity index (χ0) is 13.4. The van der Waals surface area contributed by atoms with Crippen LogP contribution in [0.15, 0.2) is 0 Å². The predicted molar refractivity (Wildman–Crippen MR) is 62.5 cm³/mol. The fourth-order valence-corrected chi connectivity index (χ4v) is 1.99. The van der Waals surface area contributed by atoms with Gasteiger partial charge in [-0.2, -0.15) is 0 Å². The summed E-state index contributed by atoms with van der Waals surface area (Å²) in [6, 6.07) is -1.14. The third-order valence-electron chi connectivity index (χ3n) is 2.04. The van der Waals surface area contributed by atoms with Gasteiger partial charge in [0.05, 0.1) is 11.9 Å². The second-order valence-electron chi connectivity index (χ2n) is 5.59. The Hall–Kier alpha value is -0.460. The van der Waals surface area contributed by atoms with Crippen molar-refractivity contribution in [2.24, 2.45) is 5.41 Å². The van der Waals surface area contributed by atoms with Crippen LogP contribution < -0.4 is 4.72 Å². The van der Waals surface area contributed by atoms with E-state index in [1.807, 2.05) is 0 Å². The molecule has 0 rings (SSSR count). The molecule has 0 bridgehead atoms. The summed E-state index contributed by atoms with van der Waals surface area (Å²) in [5, 5.41) is 9.83. The van der Waals surface area contributed by atoms with Crippen LogP contribution in [0.4, 0.5) is 0 Å². The van der Waals surface area contributed by atoms with Gasteiger partial charge in [0.15, 0.2) is 5.78 Å². The Morgan fingerprint density at radius 2 is 1.56 bits per heavy atom. The maximum absolute atomic E-state index is 12.0. The molecule has 0 unspecified atom stereocenters. The number of carbonyl (C=O) groups excluding carboxylic acids is 1. The number of nitrogens with one attached hydrogen (secondary N) is 1. The summed E-state index contributed by atoms with van der Waals surface area (Å²) in [7, 11) is -3.54. The third kappa shape index (κ3) is 5.05.